The predicted molar refractivity (Wildman–Crippen MR) is 91.8 cm³/mol. The van der Waals surface area contributed by atoms with E-state index in [1.165, 1.54) is 4.31 Å². The van der Waals surface area contributed by atoms with E-state index in [1.807, 2.05) is 18.2 Å². The first-order valence-electron chi connectivity index (χ1n) is 7.78. The van der Waals surface area contributed by atoms with Crippen LogP contribution in [-0.4, -0.2) is 43.8 Å². The summed E-state index contributed by atoms with van der Waals surface area (Å²) >= 11 is 5.97. The lowest BCUT2D eigenvalue weighted by Gasteiger charge is -2.34. The van der Waals surface area contributed by atoms with Crippen molar-refractivity contribution in [1.82, 2.24) is 9.21 Å². The highest BCUT2D eigenvalue weighted by atomic mass is 35.5. The normalized spacial score (nSPS) is 16.9. The maximum atomic E-state index is 13.3. The highest BCUT2D eigenvalue weighted by molar-refractivity contribution is 7.89. The molecule has 1 fully saturated rings. The van der Waals surface area contributed by atoms with Crippen LogP contribution in [0, 0.1) is 11.6 Å². The van der Waals surface area contributed by atoms with Crippen LogP contribution in [0.4, 0.5) is 8.78 Å². The second kappa shape index (κ2) is 7.37. The molecule has 0 N–H and O–H groups in total. The molecule has 8 heteroatoms. The van der Waals surface area contributed by atoms with E-state index in [4.69, 9.17) is 11.6 Å². The van der Waals surface area contributed by atoms with Crippen LogP contribution in [-0.2, 0) is 16.6 Å². The van der Waals surface area contributed by atoms with Gasteiger partial charge < -0.3 is 0 Å². The monoisotopic (exact) mass is 386 g/mol. The SMILES string of the molecule is O=S(=O)(c1ccc(F)c(F)c1)N1CCN(Cc2cccc(Cl)c2)CC1. The number of hydrogen-bond acceptors (Lipinski definition) is 3. The van der Waals surface area contributed by atoms with Crippen molar-refractivity contribution in [3.63, 3.8) is 0 Å². The number of benzene rings is 2. The Kier molecular flexibility index (Phi) is 5.38. The molecule has 0 unspecified atom stereocenters. The van der Waals surface area contributed by atoms with Gasteiger partial charge in [0.15, 0.2) is 11.6 Å². The lowest BCUT2D eigenvalue weighted by molar-refractivity contribution is 0.181. The summed E-state index contributed by atoms with van der Waals surface area (Å²) in [6, 6.07) is 10.2. The van der Waals surface area contributed by atoms with E-state index in [9.17, 15) is 17.2 Å². The third-order valence-corrected chi connectivity index (χ3v) is 6.29. The Hall–Kier alpha value is -1.54. The van der Waals surface area contributed by atoms with Crippen LogP contribution in [0.25, 0.3) is 0 Å². The lowest BCUT2D eigenvalue weighted by Crippen LogP contribution is -2.48. The number of piperazine rings is 1. The van der Waals surface area contributed by atoms with E-state index >= 15 is 0 Å². The third kappa shape index (κ3) is 4.17. The Balaban J connectivity index is 1.66. The van der Waals surface area contributed by atoms with Crippen molar-refractivity contribution in [3.05, 3.63) is 64.7 Å². The van der Waals surface area contributed by atoms with E-state index in [-0.39, 0.29) is 4.90 Å². The number of halogens is 3. The van der Waals surface area contributed by atoms with E-state index in [0.29, 0.717) is 37.7 Å². The molecule has 1 heterocycles. The first-order valence-corrected chi connectivity index (χ1v) is 9.60. The first-order chi connectivity index (χ1) is 11.9. The van der Waals surface area contributed by atoms with Gasteiger partial charge in [-0.3, -0.25) is 4.90 Å². The molecule has 0 aliphatic carbocycles. The Morgan fingerprint density at radius 3 is 2.32 bits per heavy atom. The number of hydrogen-bond donors (Lipinski definition) is 0. The van der Waals surface area contributed by atoms with Gasteiger partial charge in [-0.2, -0.15) is 4.31 Å². The summed E-state index contributed by atoms with van der Waals surface area (Å²) in [5.74, 6) is -2.23. The van der Waals surface area contributed by atoms with E-state index in [1.54, 1.807) is 6.07 Å². The highest BCUT2D eigenvalue weighted by Crippen LogP contribution is 2.21. The van der Waals surface area contributed by atoms with Crippen LogP contribution in [0.5, 0.6) is 0 Å². The molecule has 25 heavy (non-hydrogen) atoms. The van der Waals surface area contributed by atoms with Crippen molar-refractivity contribution in [3.8, 4) is 0 Å². The highest BCUT2D eigenvalue weighted by Gasteiger charge is 2.29. The summed E-state index contributed by atoms with van der Waals surface area (Å²) < 4.78 is 52.8. The zero-order valence-electron chi connectivity index (χ0n) is 13.3. The van der Waals surface area contributed by atoms with Gasteiger partial charge in [0.25, 0.3) is 0 Å². The number of sulfonamides is 1. The molecule has 0 radical (unpaired) electrons. The fourth-order valence-corrected chi connectivity index (χ4v) is 4.46. The fourth-order valence-electron chi connectivity index (χ4n) is 2.81. The van der Waals surface area contributed by atoms with Gasteiger partial charge >= 0.3 is 0 Å². The van der Waals surface area contributed by atoms with Gasteiger partial charge in [-0.25, -0.2) is 17.2 Å². The van der Waals surface area contributed by atoms with Crippen LogP contribution >= 0.6 is 11.6 Å². The Morgan fingerprint density at radius 1 is 0.960 bits per heavy atom. The summed E-state index contributed by atoms with van der Waals surface area (Å²) in [5.41, 5.74) is 1.06. The summed E-state index contributed by atoms with van der Waals surface area (Å²) in [6.07, 6.45) is 0. The molecule has 0 spiro atoms. The first kappa shape index (κ1) is 18.3. The third-order valence-electron chi connectivity index (χ3n) is 4.16. The van der Waals surface area contributed by atoms with Crippen LogP contribution in [0.1, 0.15) is 5.56 Å². The fraction of sp³-hybridized carbons (Fsp3) is 0.294. The van der Waals surface area contributed by atoms with Gasteiger partial charge in [0.05, 0.1) is 4.90 Å². The minimum absolute atomic E-state index is 0.227. The molecule has 3 rings (SSSR count). The van der Waals surface area contributed by atoms with Crippen molar-refractivity contribution in [2.45, 2.75) is 11.4 Å². The molecule has 0 amide bonds. The van der Waals surface area contributed by atoms with Crippen LogP contribution < -0.4 is 0 Å². The van der Waals surface area contributed by atoms with Gasteiger partial charge in [-0.1, -0.05) is 23.7 Å². The largest absolute Gasteiger partial charge is 0.296 e. The Morgan fingerprint density at radius 2 is 1.68 bits per heavy atom. The minimum Gasteiger partial charge on any atom is -0.296 e. The molecule has 0 saturated carbocycles. The topological polar surface area (TPSA) is 40.6 Å². The smallest absolute Gasteiger partial charge is 0.243 e. The van der Waals surface area contributed by atoms with Crippen molar-refractivity contribution in [2.75, 3.05) is 26.2 Å². The van der Waals surface area contributed by atoms with Crippen LogP contribution in [0.15, 0.2) is 47.4 Å². The zero-order chi connectivity index (χ0) is 18.0. The second-order valence-corrected chi connectivity index (χ2v) is 8.26. The molecule has 134 valence electrons. The molecule has 2 aromatic carbocycles. The molecule has 0 bridgehead atoms. The van der Waals surface area contributed by atoms with Gasteiger partial charge in [-0.15, -0.1) is 0 Å². The minimum atomic E-state index is -3.83. The quantitative estimate of drug-likeness (QED) is 0.810. The van der Waals surface area contributed by atoms with E-state index in [0.717, 1.165) is 23.8 Å². The van der Waals surface area contributed by atoms with Crippen molar-refractivity contribution < 1.29 is 17.2 Å². The average Bonchev–Trinajstić information content (AvgIpc) is 2.58. The second-order valence-electron chi connectivity index (χ2n) is 5.89. The zero-order valence-corrected chi connectivity index (χ0v) is 14.9. The molecular formula is C17H17ClF2N2O2S. The number of nitrogens with zero attached hydrogens (tertiary/aromatic N) is 2. The van der Waals surface area contributed by atoms with E-state index in [2.05, 4.69) is 4.90 Å². The Labute approximate surface area is 150 Å². The molecule has 0 atom stereocenters. The maximum absolute atomic E-state index is 13.3. The Bertz CT molecular complexity index is 869. The van der Waals surface area contributed by atoms with Gasteiger partial charge in [0, 0.05) is 37.7 Å². The molecule has 0 aromatic heterocycles. The van der Waals surface area contributed by atoms with E-state index < -0.39 is 21.7 Å². The van der Waals surface area contributed by atoms with Crippen molar-refractivity contribution in [2.24, 2.45) is 0 Å². The summed E-state index contributed by atoms with van der Waals surface area (Å²) in [7, 11) is -3.83. The molecular weight excluding hydrogens is 370 g/mol. The molecule has 1 saturated heterocycles. The van der Waals surface area contributed by atoms with Gasteiger partial charge in [-0.05, 0) is 35.9 Å². The van der Waals surface area contributed by atoms with Gasteiger partial charge in [0.2, 0.25) is 10.0 Å². The maximum Gasteiger partial charge on any atom is 0.243 e. The molecule has 4 nitrogen and oxygen atoms in total. The van der Waals surface area contributed by atoms with Crippen LogP contribution in [0.2, 0.25) is 5.02 Å². The van der Waals surface area contributed by atoms with Crippen LogP contribution in [0.3, 0.4) is 0 Å². The van der Waals surface area contributed by atoms with Crippen molar-refractivity contribution >= 4 is 21.6 Å². The molecule has 2 aromatic rings. The lowest BCUT2D eigenvalue weighted by atomic mass is 10.2. The predicted octanol–water partition coefficient (Wildman–Crippen LogP) is 3.12. The molecule has 1 aliphatic rings. The van der Waals surface area contributed by atoms with Crippen molar-refractivity contribution in [1.29, 1.82) is 0 Å². The summed E-state index contributed by atoms with van der Waals surface area (Å²) in [6.45, 7) is 2.37. The number of rotatable bonds is 4. The van der Waals surface area contributed by atoms with Gasteiger partial charge in [0.1, 0.15) is 0 Å². The summed E-state index contributed by atoms with van der Waals surface area (Å²) in [5, 5.41) is 0.664. The molecule has 1 aliphatic heterocycles. The summed E-state index contributed by atoms with van der Waals surface area (Å²) in [4.78, 5) is 1.90. The average molecular weight is 387 g/mol. The standard InChI is InChI=1S/C17H17ClF2N2O2S/c18-14-3-1-2-13(10-14)12-21-6-8-22(9-7-21)25(23,24)15-4-5-16(19)17(20)11-15/h1-5,10-11H,6-9,12H2.